The number of hydrogen-bond acceptors (Lipinski definition) is 3. The summed E-state index contributed by atoms with van der Waals surface area (Å²) >= 11 is 0. The van der Waals surface area contributed by atoms with E-state index in [9.17, 15) is 8.42 Å². The van der Waals surface area contributed by atoms with Gasteiger partial charge >= 0.3 is 0 Å². The Bertz CT molecular complexity index is 427. The minimum atomic E-state index is -4.02. The minimum Gasteiger partial charge on any atom is -0.359 e. The lowest BCUT2D eigenvalue weighted by molar-refractivity contribution is 0.0909. The van der Waals surface area contributed by atoms with E-state index in [1.165, 1.54) is 11.1 Å². The van der Waals surface area contributed by atoms with Gasteiger partial charge in [0.25, 0.3) is 10.1 Å². The van der Waals surface area contributed by atoms with Gasteiger partial charge in [-0.05, 0) is 24.0 Å². The molecule has 0 bridgehead atoms. The molecule has 0 saturated heterocycles. The number of fused-ring (bicyclic) bond motifs is 1. The molecule has 1 aliphatic rings. The molecule has 0 amide bonds. The van der Waals surface area contributed by atoms with Crippen LogP contribution in [0.1, 0.15) is 11.1 Å². The molecule has 0 unspecified atom stereocenters. The Morgan fingerprint density at radius 3 is 2.27 bits per heavy atom. The van der Waals surface area contributed by atoms with Crippen molar-refractivity contribution < 1.29 is 17.7 Å². The first-order valence-corrected chi connectivity index (χ1v) is 6.29. The zero-order chi connectivity index (χ0) is 10.9. The van der Waals surface area contributed by atoms with Crippen LogP contribution in [0.5, 0.6) is 0 Å². The Labute approximate surface area is 88.6 Å². The summed E-state index contributed by atoms with van der Waals surface area (Å²) in [6.07, 6.45) is 1.29. The Hall–Kier alpha value is -0.910. The van der Waals surface area contributed by atoms with E-state index in [1.807, 2.05) is 24.3 Å². The Kier molecular flexibility index (Phi) is 2.77. The van der Waals surface area contributed by atoms with Gasteiger partial charge in [0.1, 0.15) is 0 Å². The van der Waals surface area contributed by atoms with Crippen LogP contribution in [0.2, 0.25) is 0 Å². The fraction of sp³-hybridized carbons (Fsp3) is 0.400. The quantitative estimate of drug-likeness (QED) is 0.784. The smallest absolute Gasteiger partial charge is 0.289 e. The molecule has 1 N–H and O–H groups in total. The molecule has 1 aliphatic carbocycles. The lowest BCUT2D eigenvalue weighted by Crippen LogP contribution is -2.18. The van der Waals surface area contributed by atoms with Crippen molar-refractivity contribution in [2.45, 2.75) is 18.9 Å². The molecule has 5 heteroatoms. The van der Waals surface area contributed by atoms with Crippen LogP contribution < -0.4 is 0 Å². The second-order valence-corrected chi connectivity index (χ2v) is 5.06. The van der Waals surface area contributed by atoms with E-state index in [4.69, 9.17) is 9.29 Å². The van der Waals surface area contributed by atoms with Crippen LogP contribution in [-0.4, -0.2) is 25.0 Å². The lowest BCUT2D eigenvalue weighted by atomic mass is 10.1. The summed E-state index contributed by atoms with van der Waals surface area (Å²) in [6, 6.07) is 7.91. The van der Waals surface area contributed by atoms with Crippen molar-refractivity contribution in [1.29, 1.82) is 0 Å². The molecule has 0 heterocycles. The lowest BCUT2D eigenvalue weighted by Gasteiger charge is -2.08. The van der Waals surface area contributed by atoms with E-state index in [0.29, 0.717) is 12.8 Å². The SMILES string of the molecule is O=S(=O)(O)COC1Cc2ccccc2C1. The maximum atomic E-state index is 10.5. The molecule has 0 atom stereocenters. The molecule has 0 saturated carbocycles. The van der Waals surface area contributed by atoms with Crippen molar-refractivity contribution >= 4 is 10.1 Å². The zero-order valence-corrected chi connectivity index (χ0v) is 8.90. The second-order valence-electron chi connectivity index (χ2n) is 3.67. The number of hydrogen-bond donors (Lipinski definition) is 1. The van der Waals surface area contributed by atoms with E-state index in [2.05, 4.69) is 0 Å². The Morgan fingerprint density at radius 2 is 1.80 bits per heavy atom. The molecule has 2 rings (SSSR count). The second kappa shape index (κ2) is 3.92. The predicted molar refractivity (Wildman–Crippen MR) is 55.1 cm³/mol. The summed E-state index contributed by atoms with van der Waals surface area (Å²) in [5.41, 5.74) is 2.38. The maximum absolute atomic E-state index is 10.5. The summed E-state index contributed by atoms with van der Waals surface area (Å²) in [4.78, 5) is 0. The Balaban J connectivity index is 1.96. The fourth-order valence-electron chi connectivity index (χ4n) is 1.82. The van der Waals surface area contributed by atoms with Gasteiger partial charge in [0, 0.05) is 0 Å². The summed E-state index contributed by atoms with van der Waals surface area (Å²) < 4.78 is 34.6. The molecule has 1 aromatic carbocycles. The first kappa shape index (κ1) is 10.6. The average Bonchev–Trinajstić information content (AvgIpc) is 2.56. The molecule has 0 fully saturated rings. The number of rotatable bonds is 3. The monoisotopic (exact) mass is 228 g/mol. The van der Waals surface area contributed by atoms with Crippen molar-refractivity contribution in [2.24, 2.45) is 0 Å². The molecule has 15 heavy (non-hydrogen) atoms. The molecular formula is C10H12O4S. The standard InChI is InChI=1S/C10H12O4S/c11-15(12,13)7-14-10-5-8-3-1-2-4-9(8)6-10/h1-4,10H,5-7H2,(H,11,12,13). The first-order valence-electron chi connectivity index (χ1n) is 4.68. The van der Waals surface area contributed by atoms with Gasteiger partial charge in [-0.2, -0.15) is 8.42 Å². The van der Waals surface area contributed by atoms with Crippen molar-refractivity contribution in [3.05, 3.63) is 35.4 Å². The highest BCUT2D eigenvalue weighted by atomic mass is 32.2. The topological polar surface area (TPSA) is 63.6 Å². The minimum absolute atomic E-state index is 0.135. The molecule has 0 aliphatic heterocycles. The molecular weight excluding hydrogens is 216 g/mol. The highest BCUT2D eigenvalue weighted by Gasteiger charge is 2.22. The largest absolute Gasteiger partial charge is 0.359 e. The third-order valence-corrected chi connectivity index (χ3v) is 2.90. The maximum Gasteiger partial charge on any atom is 0.289 e. The normalized spacial score (nSPS) is 16.6. The fourth-order valence-corrected chi connectivity index (χ4v) is 2.18. The van der Waals surface area contributed by atoms with Crippen LogP contribution in [0.3, 0.4) is 0 Å². The van der Waals surface area contributed by atoms with E-state index in [-0.39, 0.29) is 6.10 Å². The molecule has 0 spiro atoms. The van der Waals surface area contributed by atoms with Crippen molar-refractivity contribution in [2.75, 3.05) is 5.94 Å². The van der Waals surface area contributed by atoms with Gasteiger partial charge in [-0.3, -0.25) is 4.55 Å². The van der Waals surface area contributed by atoms with E-state index in [0.717, 1.165) is 0 Å². The predicted octanol–water partition coefficient (Wildman–Crippen LogP) is 1.02. The Morgan fingerprint density at radius 1 is 1.27 bits per heavy atom. The van der Waals surface area contributed by atoms with Crippen LogP contribution in [0.25, 0.3) is 0 Å². The van der Waals surface area contributed by atoms with Gasteiger partial charge in [-0.25, -0.2) is 0 Å². The third kappa shape index (κ3) is 2.77. The van der Waals surface area contributed by atoms with E-state index < -0.39 is 16.1 Å². The van der Waals surface area contributed by atoms with Crippen LogP contribution in [0.4, 0.5) is 0 Å². The van der Waals surface area contributed by atoms with Gasteiger partial charge in [-0.1, -0.05) is 24.3 Å². The van der Waals surface area contributed by atoms with Crippen LogP contribution in [-0.2, 0) is 27.7 Å². The number of benzene rings is 1. The van der Waals surface area contributed by atoms with Crippen molar-refractivity contribution in [1.82, 2.24) is 0 Å². The van der Waals surface area contributed by atoms with Crippen LogP contribution >= 0.6 is 0 Å². The number of ether oxygens (including phenoxy) is 1. The zero-order valence-electron chi connectivity index (χ0n) is 8.09. The third-order valence-electron chi connectivity index (χ3n) is 2.47. The first-order chi connectivity index (χ1) is 7.04. The molecule has 1 aromatic rings. The average molecular weight is 228 g/mol. The summed E-state index contributed by atoms with van der Waals surface area (Å²) in [5, 5.41) is 0. The van der Waals surface area contributed by atoms with E-state index >= 15 is 0 Å². The highest BCUT2D eigenvalue weighted by molar-refractivity contribution is 7.85. The highest BCUT2D eigenvalue weighted by Crippen LogP contribution is 2.23. The van der Waals surface area contributed by atoms with Gasteiger partial charge in [0.05, 0.1) is 6.10 Å². The molecule has 0 aromatic heterocycles. The van der Waals surface area contributed by atoms with Gasteiger partial charge in [0.15, 0.2) is 5.94 Å². The molecule has 82 valence electrons. The van der Waals surface area contributed by atoms with Gasteiger partial charge < -0.3 is 4.74 Å². The summed E-state index contributed by atoms with van der Waals surface area (Å²) in [7, 11) is -4.02. The van der Waals surface area contributed by atoms with Crippen molar-refractivity contribution in [3.8, 4) is 0 Å². The molecule has 4 nitrogen and oxygen atoms in total. The van der Waals surface area contributed by atoms with Crippen molar-refractivity contribution in [3.63, 3.8) is 0 Å². The van der Waals surface area contributed by atoms with Crippen LogP contribution in [0, 0.1) is 0 Å². The van der Waals surface area contributed by atoms with E-state index in [1.54, 1.807) is 0 Å². The van der Waals surface area contributed by atoms with Crippen LogP contribution in [0.15, 0.2) is 24.3 Å². The summed E-state index contributed by atoms with van der Waals surface area (Å²) in [5.74, 6) is -0.619. The summed E-state index contributed by atoms with van der Waals surface area (Å²) in [6.45, 7) is 0. The van der Waals surface area contributed by atoms with Gasteiger partial charge in [0.2, 0.25) is 0 Å². The molecule has 0 radical (unpaired) electrons. The van der Waals surface area contributed by atoms with Gasteiger partial charge in [-0.15, -0.1) is 0 Å².